The highest BCUT2D eigenvalue weighted by Gasteiger charge is 2.09. The second-order valence-corrected chi connectivity index (χ2v) is 6.48. The van der Waals surface area contributed by atoms with E-state index in [2.05, 4.69) is 10.5 Å². The zero-order valence-electron chi connectivity index (χ0n) is 15.8. The van der Waals surface area contributed by atoms with Crippen molar-refractivity contribution in [3.63, 3.8) is 0 Å². The molecule has 0 aromatic heterocycles. The lowest BCUT2D eigenvalue weighted by molar-refractivity contribution is 0.0956. The topological polar surface area (TPSA) is 85.9 Å². The standard InChI is InChI=1S/C22H20ClN3O3/c1-28-20-11-10-15(12-21(20)29-14-16-6-2-4-8-18(16)23)13-25-26-22(27)17-7-3-5-9-19(17)24/h2-13H,14,24H2,1H3,(H,26,27)/b25-13+. The number of nitrogens with one attached hydrogen (secondary N) is 1. The normalized spacial score (nSPS) is 10.7. The molecule has 7 heteroatoms. The van der Waals surface area contributed by atoms with E-state index in [-0.39, 0.29) is 5.91 Å². The molecule has 0 heterocycles. The van der Waals surface area contributed by atoms with E-state index in [0.717, 1.165) is 11.1 Å². The first-order chi connectivity index (χ1) is 14.1. The second kappa shape index (κ2) is 9.61. The van der Waals surface area contributed by atoms with Crippen LogP contribution in [0.5, 0.6) is 11.5 Å². The molecule has 148 valence electrons. The second-order valence-electron chi connectivity index (χ2n) is 6.08. The van der Waals surface area contributed by atoms with Crippen LogP contribution in [0.1, 0.15) is 21.5 Å². The summed E-state index contributed by atoms with van der Waals surface area (Å²) in [7, 11) is 1.57. The van der Waals surface area contributed by atoms with Gasteiger partial charge in [0.15, 0.2) is 11.5 Å². The lowest BCUT2D eigenvalue weighted by Gasteiger charge is -2.12. The third-order valence-electron chi connectivity index (χ3n) is 4.11. The van der Waals surface area contributed by atoms with Gasteiger partial charge in [0.25, 0.3) is 5.91 Å². The van der Waals surface area contributed by atoms with Crippen molar-refractivity contribution in [1.82, 2.24) is 5.43 Å². The maximum absolute atomic E-state index is 12.2. The van der Waals surface area contributed by atoms with E-state index in [4.69, 9.17) is 26.8 Å². The van der Waals surface area contributed by atoms with Crippen molar-refractivity contribution in [3.05, 3.63) is 88.4 Å². The average Bonchev–Trinajstić information content (AvgIpc) is 2.73. The van der Waals surface area contributed by atoms with Gasteiger partial charge in [-0.3, -0.25) is 4.79 Å². The van der Waals surface area contributed by atoms with Gasteiger partial charge in [-0.05, 0) is 42.0 Å². The van der Waals surface area contributed by atoms with E-state index in [1.54, 1.807) is 49.6 Å². The van der Waals surface area contributed by atoms with Crippen LogP contribution in [0.3, 0.4) is 0 Å². The summed E-state index contributed by atoms with van der Waals surface area (Å²) >= 11 is 6.17. The third-order valence-corrected chi connectivity index (χ3v) is 4.48. The fourth-order valence-corrected chi connectivity index (χ4v) is 2.78. The Kier molecular flexibility index (Phi) is 6.71. The van der Waals surface area contributed by atoms with Gasteiger partial charge in [-0.15, -0.1) is 0 Å². The lowest BCUT2D eigenvalue weighted by atomic mass is 10.2. The number of nitrogen functional groups attached to an aromatic ring is 1. The monoisotopic (exact) mass is 409 g/mol. The Labute approximate surface area is 173 Å². The van der Waals surface area contributed by atoms with E-state index < -0.39 is 0 Å². The molecule has 0 radical (unpaired) electrons. The van der Waals surface area contributed by atoms with Crippen LogP contribution < -0.4 is 20.6 Å². The number of nitrogens with two attached hydrogens (primary N) is 1. The number of anilines is 1. The zero-order valence-corrected chi connectivity index (χ0v) is 16.5. The Hall–Kier alpha value is -3.51. The number of hydrogen-bond acceptors (Lipinski definition) is 5. The molecule has 6 nitrogen and oxygen atoms in total. The summed E-state index contributed by atoms with van der Waals surface area (Å²) in [6, 6.07) is 19.6. The van der Waals surface area contributed by atoms with Crippen molar-refractivity contribution in [2.45, 2.75) is 6.61 Å². The molecular formula is C22H20ClN3O3. The smallest absolute Gasteiger partial charge is 0.273 e. The van der Waals surface area contributed by atoms with Crippen molar-refractivity contribution < 1.29 is 14.3 Å². The number of carbonyl (C=O) groups is 1. The molecule has 0 saturated carbocycles. The predicted octanol–water partition coefficient (Wildman–Crippen LogP) is 4.27. The average molecular weight is 410 g/mol. The van der Waals surface area contributed by atoms with Crippen LogP contribution in [0.2, 0.25) is 5.02 Å². The number of halogens is 1. The van der Waals surface area contributed by atoms with Gasteiger partial charge >= 0.3 is 0 Å². The lowest BCUT2D eigenvalue weighted by Crippen LogP contribution is -2.19. The molecule has 3 rings (SSSR count). The number of carbonyl (C=O) groups excluding carboxylic acids is 1. The van der Waals surface area contributed by atoms with Gasteiger partial charge in [0, 0.05) is 16.3 Å². The number of hydrogen-bond donors (Lipinski definition) is 2. The summed E-state index contributed by atoms with van der Waals surface area (Å²) in [6.45, 7) is 0.292. The van der Waals surface area contributed by atoms with Gasteiger partial charge in [0.1, 0.15) is 6.61 Å². The molecule has 0 bridgehead atoms. The van der Waals surface area contributed by atoms with Crippen molar-refractivity contribution >= 4 is 29.4 Å². The Morgan fingerprint density at radius 1 is 1.10 bits per heavy atom. The molecule has 29 heavy (non-hydrogen) atoms. The molecule has 1 amide bonds. The molecular weight excluding hydrogens is 390 g/mol. The Bertz CT molecular complexity index is 1040. The minimum atomic E-state index is -0.386. The first-order valence-electron chi connectivity index (χ1n) is 8.80. The molecule has 3 aromatic rings. The highest BCUT2D eigenvalue weighted by atomic mass is 35.5. The molecule has 3 N–H and O–H groups in total. The van der Waals surface area contributed by atoms with Crippen molar-refractivity contribution in [1.29, 1.82) is 0 Å². The van der Waals surface area contributed by atoms with Crippen LogP contribution in [0, 0.1) is 0 Å². The number of methoxy groups -OCH3 is 1. The first kappa shape index (κ1) is 20.2. The van der Waals surface area contributed by atoms with Crippen LogP contribution in [-0.2, 0) is 6.61 Å². The predicted molar refractivity (Wildman–Crippen MR) is 115 cm³/mol. The van der Waals surface area contributed by atoms with Crippen LogP contribution in [-0.4, -0.2) is 19.2 Å². The van der Waals surface area contributed by atoms with Gasteiger partial charge in [-0.2, -0.15) is 5.10 Å². The highest BCUT2D eigenvalue weighted by Crippen LogP contribution is 2.29. The minimum Gasteiger partial charge on any atom is -0.493 e. The van der Waals surface area contributed by atoms with Crippen molar-refractivity contribution in [3.8, 4) is 11.5 Å². The van der Waals surface area contributed by atoms with Crippen LogP contribution in [0.25, 0.3) is 0 Å². The van der Waals surface area contributed by atoms with Crippen molar-refractivity contribution in [2.24, 2.45) is 5.10 Å². The number of ether oxygens (including phenoxy) is 2. The number of nitrogens with zero attached hydrogens (tertiary/aromatic N) is 1. The third kappa shape index (κ3) is 5.27. The van der Waals surface area contributed by atoms with E-state index in [1.807, 2.05) is 24.3 Å². The molecule has 0 saturated heterocycles. The highest BCUT2D eigenvalue weighted by molar-refractivity contribution is 6.31. The summed E-state index contributed by atoms with van der Waals surface area (Å²) in [5.41, 5.74) is 10.6. The zero-order chi connectivity index (χ0) is 20.6. The summed E-state index contributed by atoms with van der Waals surface area (Å²) in [6.07, 6.45) is 1.51. The van der Waals surface area contributed by atoms with E-state index in [0.29, 0.717) is 34.4 Å². The van der Waals surface area contributed by atoms with Gasteiger partial charge in [-0.25, -0.2) is 5.43 Å². The van der Waals surface area contributed by atoms with E-state index >= 15 is 0 Å². The summed E-state index contributed by atoms with van der Waals surface area (Å²) in [5, 5.41) is 4.62. The van der Waals surface area contributed by atoms with Gasteiger partial charge in [-0.1, -0.05) is 41.9 Å². The van der Waals surface area contributed by atoms with Crippen LogP contribution in [0.15, 0.2) is 71.8 Å². The molecule has 0 aliphatic heterocycles. The minimum absolute atomic E-state index is 0.292. The van der Waals surface area contributed by atoms with Crippen LogP contribution in [0.4, 0.5) is 5.69 Å². The molecule has 0 aliphatic rings. The number of amides is 1. The van der Waals surface area contributed by atoms with Crippen LogP contribution >= 0.6 is 11.6 Å². The van der Waals surface area contributed by atoms with Gasteiger partial charge < -0.3 is 15.2 Å². The largest absolute Gasteiger partial charge is 0.493 e. The molecule has 0 unspecified atom stereocenters. The number of para-hydroxylation sites is 1. The molecule has 0 fully saturated rings. The summed E-state index contributed by atoms with van der Waals surface area (Å²) in [4.78, 5) is 12.2. The fraction of sp³-hybridized carbons (Fsp3) is 0.0909. The molecule has 0 spiro atoms. The van der Waals surface area contributed by atoms with E-state index in [1.165, 1.54) is 6.21 Å². The molecule has 0 atom stereocenters. The number of hydrazone groups is 1. The number of rotatable bonds is 7. The van der Waals surface area contributed by atoms with E-state index in [9.17, 15) is 4.79 Å². The van der Waals surface area contributed by atoms with Gasteiger partial charge in [0.05, 0.1) is 18.9 Å². The maximum atomic E-state index is 12.2. The van der Waals surface area contributed by atoms with Crippen molar-refractivity contribution in [2.75, 3.05) is 12.8 Å². The fourth-order valence-electron chi connectivity index (χ4n) is 2.59. The first-order valence-corrected chi connectivity index (χ1v) is 9.18. The Morgan fingerprint density at radius 2 is 1.86 bits per heavy atom. The van der Waals surface area contributed by atoms with Gasteiger partial charge in [0.2, 0.25) is 0 Å². The quantitative estimate of drug-likeness (QED) is 0.346. The Morgan fingerprint density at radius 3 is 2.62 bits per heavy atom. The molecule has 0 aliphatic carbocycles. The molecule has 3 aromatic carbocycles. The summed E-state index contributed by atoms with van der Waals surface area (Å²) in [5.74, 6) is 0.730. The SMILES string of the molecule is COc1ccc(/C=N/NC(=O)c2ccccc2N)cc1OCc1ccccc1Cl. The maximum Gasteiger partial charge on any atom is 0.273 e. The summed E-state index contributed by atoms with van der Waals surface area (Å²) < 4.78 is 11.2. The number of benzene rings is 3. The Balaban J connectivity index is 1.69.